The Morgan fingerprint density at radius 2 is 1.95 bits per heavy atom. The first-order chi connectivity index (χ1) is 10.1. The molecule has 1 aromatic carbocycles. The van der Waals surface area contributed by atoms with Gasteiger partial charge in [0.15, 0.2) is 0 Å². The van der Waals surface area contributed by atoms with E-state index in [0.29, 0.717) is 18.2 Å². The second kappa shape index (κ2) is 7.34. The fourth-order valence-electron chi connectivity index (χ4n) is 3.03. The Bertz CT molecular complexity index is 480. The molecule has 0 aromatic heterocycles. The van der Waals surface area contributed by atoms with Crippen LogP contribution in [0.5, 0.6) is 0 Å². The highest BCUT2D eigenvalue weighted by Gasteiger charge is 2.20. The zero-order valence-electron chi connectivity index (χ0n) is 13.1. The highest BCUT2D eigenvalue weighted by atomic mass is 16.5. The summed E-state index contributed by atoms with van der Waals surface area (Å²) in [4.78, 5) is 14.1. The topological polar surface area (TPSA) is 55.6 Å². The van der Waals surface area contributed by atoms with Crippen molar-refractivity contribution in [1.82, 2.24) is 0 Å². The van der Waals surface area contributed by atoms with Gasteiger partial charge in [0.1, 0.15) is 0 Å². The Morgan fingerprint density at radius 1 is 1.29 bits per heavy atom. The number of carbonyl (C=O) groups excluding carboxylic acids is 1. The minimum atomic E-state index is -0.284. The summed E-state index contributed by atoms with van der Waals surface area (Å²) < 4.78 is 5.07. The third-order valence-corrected chi connectivity index (χ3v) is 4.29. The molecule has 0 aliphatic heterocycles. The lowest BCUT2D eigenvalue weighted by atomic mass is 10.1. The van der Waals surface area contributed by atoms with Crippen molar-refractivity contribution in [2.45, 2.75) is 51.5 Å². The molecule has 1 saturated carbocycles. The maximum atomic E-state index is 11.9. The number of esters is 1. The number of anilines is 2. The van der Waals surface area contributed by atoms with E-state index in [2.05, 4.69) is 11.9 Å². The summed E-state index contributed by atoms with van der Waals surface area (Å²) in [7, 11) is 2.08. The van der Waals surface area contributed by atoms with Crippen molar-refractivity contribution in [1.29, 1.82) is 0 Å². The maximum Gasteiger partial charge on any atom is 0.338 e. The minimum absolute atomic E-state index is 0.284. The van der Waals surface area contributed by atoms with Gasteiger partial charge in [0, 0.05) is 13.1 Å². The Labute approximate surface area is 127 Å². The monoisotopic (exact) mass is 290 g/mol. The predicted octanol–water partition coefficient (Wildman–Crippen LogP) is 3.60. The predicted molar refractivity (Wildman–Crippen MR) is 86.7 cm³/mol. The van der Waals surface area contributed by atoms with E-state index in [4.69, 9.17) is 10.5 Å². The SMILES string of the molecule is CCOC(=O)c1ccc(N)c(N(C)C2CCCCCC2)c1. The normalized spacial score (nSPS) is 16.3. The molecule has 2 N–H and O–H groups in total. The second-order valence-electron chi connectivity index (χ2n) is 5.75. The van der Waals surface area contributed by atoms with Gasteiger partial charge < -0.3 is 15.4 Å². The number of hydrogen-bond donors (Lipinski definition) is 1. The molecule has 0 bridgehead atoms. The maximum absolute atomic E-state index is 11.9. The van der Waals surface area contributed by atoms with Gasteiger partial charge in [0.25, 0.3) is 0 Å². The van der Waals surface area contributed by atoms with Gasteiger partial charge in [-0.2, -0.15) is 0 Å². The first-order valence-corrected chi connectivity index (χ1v) is 7.93. The summed E-state index contributed by atoms with van der Waals surface area (Å²) in [5.41, 5.74) is 8.34. The third-order valence-electron chi connectivity index (χ3n) is 4.29. The first-order valence-electron chi connectivity index (χ1n) is 7.93. The largest absolute Gasteiger partial charge is 0.462 e. The van der Waals surface area contributed by atoms with Gasteiger partial charge in [-0.15, -0.1) is 0 Å². The highest BCUT2D eigenvalue weighted by Crippen LogP contribution is 2.30. The van der Waals surface area contributed by atoms with Crippen LogP contribution in [0.25, 0.3) is 0 Å². The van der Waals surface area contributed by atoms with Crippen molar-refractivity contribution in [3.63, 3.8) is 0 Å². The summed E-state index contributed by atoms with van der Waals surface area (Å²) in [5, 5.41) is 0. The molecule has 0 amide bonds. The molecule has 1 aromatic rings. The van der Waals surface area contributed by atoms with Crippen molar-refractivity contribution >= 4 is 17.3 Å². The molecule has 0 heterocycles. The van der Waals surface area contributed by atoms with E-state index in [9.17, 15) is 4.79 Å². The van der Waals surface area contributed by atoms with E-state index in [1.807, 2.05) is 13.0 Å². The van der Waals surface area contributed by atoms with Crippen molar-refractivity contribution in [2.75, 3.05) is 24.3 Å². The Balaban J connectivity index is 2.20. The number of benzene rings is 1. The number of nitrogen functional groups attached to an aromatic ring is 1. The van der Waals surface area contributed by atoms with E-state index in [1.165, 1.54) is 38.5 Å². The molecule has 1 aliphatic carbocycles. The Hall–Kier alpha value is -1.71. The fourth-order valence-corrected chi connectivity index (χ4v) is 3.03. The van der Waals surface area contributed by atoms with Gasteiger partial charge >= 0.3 is 5.97 Å². The van der Waals surface area contributed by atoms with Crippen LogP contribution < -0.4 is 10.6 Å². The van der Waals surface area contributed by atoms with Crippen LogP contribution in [-0.4, -0.2) is 25.7 Å². The zero-order chi connectivity index (χ0) is 15.2. The van der Waals surface area contributed by atoms with Crippen LogP contribution >= 0.6 is 0 Å². The average Bonchev–Trinajstić information content (AvgIpc) is 2.76. The van der Waals surface area contributed by atoms with Crippen LogP contribution in [0.2, 0.25) is 0 Å². The molecule has 21 heavy (non-hydrogen) atoms. The van der Waals surface area contributed by atoms with E-state index < -0.39 is 0 Å². The van der Waals surface area contributed by atoms with Crippen LogP contribution in [-0.2, 0) is 4.74 Å². The number of nitrogens with two attached hydrogens (primary N) is 1. The number of hydrogen-bond acceptors (Lipinski definition) is 4. The molecular formula is C17H26N2O2. The first kappa shape index (κ1) is 15.7. The average molecular weight is 290 g/mol. The van der Waals surface area contributed by atoms with E-state index in [1.54, 1.807) is 12.1 Å². The smallest absolute Gasteiger partial charge is 0.338 e. The summed E-state index contributed by atoms with van der Waals surface area (Å²) in [6.45, 7) is 2.20. The molecule has 1 fully saturated rings. The molecular weight excluding hydrogens is 264 g/mol. The van der Waals surface area contributed by atoms with Crippen molar-refractivity contribution in [2.24, 2.45) is 0 Å². The molecule has 2 rings (SSSR count). The standard InChI is InChI=1S/C17H26N2O2/c1-3-21-17(20)13-10-11-15(18)16(12-13)19(2)14-8-6-4-5-7-9-14/h10-12,14H,3-9,18H2,1-2H3. The minimum Gasteiger partial charge on any atom is -0.462 e. The quantitative estimate of drug-likeness (QED) is 0.523. The lowest BCUT2D eigenvalue weighted by Crippen LogP contribution is -2.31. The van der Waals surface area contributed by atoms with Gasteiger partial charge in [0.05, 0.1) is 23.5 Å². The Morgan fingerprint density at radius 3 is 2.57 bits per heavy atom. The van der Waals surface area contributed by atoms with Gasteiger partial charge in [-0.05, 0) is 38.0 Å². The summed E-state index contributed by atoms with van der Waals surface area (Å²) in [6.07, 6.45) is 7.57. The molecule has 0 spiro atoms. The molecule has 0 atom stereocenters. The van der Waals surface area contributed by atoms with Gasteiger partial charge in [-0.1, -0.05) is 25.7 Å². The Kier molecular flexibility index (Phi) is 5.48. The van der Waals surface area contributed by atoms with Gasteiger partial charge in [-0.25, -0.2) is 4.79 Å². The molecule has 116 valence electrons. The van der Waals surface area contributed by atoms with Crippen molar-refractivity contribution in [3.8, 4) is 0 Å². The molecule has 1 aliphatic rings. The van der Waals surface area contributed by atoms with E-state index >= 15 is 0 Å². The van der Waals surface area contributed by atoms with E-state index in [0.717, 1.165) is 11.4 Å². The van der Waals surface area contributed by atoms with Crippen LogP contribution in [0.15, 0.2) is 18.2 Å². The number of ether oxygens (including phenoxy) is 1. The van der Waals surface area contributed by atoms with Crippen LogP contribution in [0.1, 0.15) is 55.8 Å². The molecule has 0 unspecified atom stereocenters. The summed E-state index contributed by atoms with van der Waals surface area (Å²) in [6, 6.07) is 5.90. The second-order valence-corrected chi connectivity index (χ2v) is 5.75. The highest BCUT2D eigenvalue weighted by molar-refractivity contribution is 5.92. The number of nitrogens with zero attached hydrogens (tertiary/aromatic N) is 1. The van der Waals surface area contributed by atoms with E-state index in [-0.39, 0.29) is 5.97 Å². The lowest BCUT2D eigenvalue weighted by Gasteiger charge is -2.30. The van der Waals surface area contributed by atoms with Crippen molar-refractivity contribution in [3.05, 3.63) is 23.8 Å². The molecule has 4 nitrogen and oxygen atoms in total. The molecule has 0 saturated heterocycles. The van der Waals surface area contributed by atoms with Gasteiger partial charge in [0.2, 0.25) is 0 Å². The van der Waals surface area contributed by atoms with Crippen LogP contribution in [0, 0.1) is 0 Å². The number of rotatable bonds is 4. The van der Waals surface area contributed by atoms with Crippen molar-refractivity contribution < 1.29 is 9.53 Å². The summed E-state index contributed by atoms with van der Waals surface area (Å²) in [5.74, 6) is -0.284. The number of carbonyl (C=O) groups is 1. The summed E-state index contributed by atoms with van der Waals surface area (Å²) >= 11 is 0. The molecule has 0 radical (unpaired) electrons. The van der Waals surface area contributed by atoms with Crippen LogP contribution in [0.4, 0.5) is 11.4 Å². The molecule has 4 heteroatoms. The third kappa shape index (κ3) is 3.90. The zero-order valence-corrected chi connectivity index (χ0v) is 13.1. The lowest BCUT2D eigenvalue weighted by molar-refractivity contribution is 0.0526. The van der Waals surface area contributed by atoms with Crippen LogP contribution in [0.3, 0.4) is 0 Å². The van der Waals surface area contributed by atoms with Gasteiger partial charge in [-0.3, -0.25) is 0 Å². The fraction of sp³-hybridized carbons (Fsp3) is 0.588.